The number of likely N-dealkylation sites (tertiary alicyclic amines) is 1. The molecule has 148 valence electrons. The number of hydrogen-bond acceptors (Lipinski definition) is 3. The van der Waals surface area contributed by atoms with Gasteiger partial charge >= 0.3 is 0 Å². The number of nitrogens with one attached hydrogen (secondary N) is 1. The number of hydrogen-bond donors (Lipinski definition) is 1. The summed E-state index contributed by atoms with van der Waals surface area (Å²) in [5, 5.41) is 7.09. The highest BCUT2D eigenvalue weighted by Crippen LogP contribution is 2.20. The van der Waals surface area contributed by atoms with Gasteiger partial charge in [0.05, 0.1) is 17.5 Å². The molecule has 1 N–H and O–H groups in total. The van der Waals surface area contributed by atoms with Gasteiger partial charge in [0.2, 0.25) is 5.91 Å². The molecule has 1 saturated heterocycles. The molecule has 0 bridgehead atoms. The van der Waals surface area contributed by atoms with E-state index in [9.17, 15) is 18.4 Å². The lowest BCUT2D eigenvalue weighted by Gasteiger charge is -2.32. The van der Waals surface area contributed by atoms with E-state index in [1.807, 2.05) is 4.68 Å². The van der Waals surface area contributed by atoms with Gasteiger partial charge in [-0.25, -0.2) is 8.78 Å². The minimum atomic E-state index is -0.675. The largest absolute Gasteiger partial charge is 0.340 e. The first-order valence-electron chi connectivity index (χ1n) is 9.61. The van der Waals surface area contributed by atoms with Crippen molar-refractivity contribution >= 4 is 11.8 Å². The quantitative estimate of drug-likeness (QED) is 0.875. The number of nitrogens with zero attached hydrogens (tertiary/aromatic N) is 3. The third-order valence-corrected chi connectivity index (χ3v) is 5.44. The zero-order valence-corrected chi connectivity index (χ0v) is 15.5. The standard InChI is InChI=1S/C20H22F2N4O2/c21-14-7-6-13(16(22)10-14)12-25-8-3-4-17(20(25)28)24-19(27)15-11-23-26-9-2-1-5-18(15)26/h6-7,10-11,17H,1-5,8-9,12H2,(H,24,27). The Morgan fingerprint density at radius 1 is 1.21 bits per heavy atom. The van der Waals surface area contributed by atoms with E-state index in [4.69, 9.17) is 0 Å². The fourth-order valence-electron chi connectivity index (χ4n) is 3.93. The maximum Gasteiger partial charge on any atom is 0.255 e. The van der Waals surface area contributed by atoms with Gasteiger partial charge in [-0.15, -0.1) is 0 Å². The molecule has 3 heterocycles. The van der Waals surface area contributed by atoms with Gasteiger partial charge in [-0.2, -0.15) is 5.10 Å². The zero-order chi connectivity index (χ0) is 19.7. The molecular formula is C20H22F2N4O2. The lowest BCUT2D eigenvalue weighted by atomic mass is 10.0. The van der Waals surface area contributed by atoms with Crippen LogP contribution in [0, 0.1) is 11.6 Å². The van der Waals surface area contributed by atoms with E-state index < -0.39 is 17.7 Å². The maximum absolute atomic E-state index is 13.9. The molecular weight excluding hydrogens is 366 g/mol. The van der Waals surface area contributed by atoms with E-state index >= 15 is 0 Å². The van der Waals surface area contributed by atoms with Crippen molar-refractivity contribution in [2.75, 3.05) is 6.54 Å². The fourth-order valence-corrected chi connectivity index (χ4v) is 3.93. The lowest BCUT2D eigenvalue weighted by molar-refractivity contribution is -0.136. The van der Waals surface area contributed by atoms with E-state index in [0.717, 1.165) is 37.6 Å². The minimum Gasteiger partial charge on any atom is -0.340 e. The van der Waals surface area contributed by atoms with E-state index in [1.54, 1.807) is 6.20 Å². The SMILES string of the molecule is O=C(NC1CCCN(Cc2ccc(F)cc2F)C1=O)c1cnn2c1CCCC2. The van der Waals surface area contributed by atoms with Crippen LogP contribution in [-0.4, -0.2) is 39.1 Å². The van der Waals surface area contributed by atoms with Crippen molar-refractivity contribution in [2.24, 2.45) is 0 Å². The number of carbonyl (C=O) groups excluding carboxylic acids is 2. The topological polar surface area (TPSA) is 67.2 Å². The number of piperidine rings is 1. The number of amides is 2. The van der Waals surface area contributed by atoms with Gasteiger partial charge in [-0.3, -0.25) is 14.3 Å². The summed E-state index contributed by atoms with van der Waals surface area (Å²) in [7, 11) is 0. The monoisotopic (exact) mass is 388 g/mol. The summed E-state index contributed by atoms with van der Waals surface area (Å²) in [5.41, 5.74) is 1.69. The Morgan fingerprint density at radius 2 is 2.07 bits per heavy atom. The highest BCUT2D eigenvalue weighted by atomic mass is 19.1. The molecule has 0 aliphatic carbocycles. The van der Waals surface area contributed by atoms with Crippen LogP contribution in [0.4, 0.5) is 8.78 Å². The molecule has 28 heavy (non-hydrogen) atoms. The van der Waals surface area contributed by atoms with E-state index in [-0.39, 0.29) is 23.9 Å². The van der Waals surface area contributed by atoms with Gasteiger partial charge < -0.3 is 10.2 Å². The molecule has 1 unspecified atom stereocenters. The van der Waals surface area contributed by atoms with Crippen LogP contribution in [0.15, 0.2) is 24.4 Å². The third kappa shape index (κ3) is 3.63. The van der Waals surface area contributed by atoms with Crippen LogP contribution >= 0.6 is 0 Å². The summed E-state index contributed by atoms with van der Waals surface area (Å²) in [4.78, 5) is 27.0. The van der Waals surface area contributed by atoms with Crippen LogP contribution < -0.4 is 5.32 Å². The molecule has 6 nitrogen and oxygen atoms in total. The number of benzene rings is 1. The van der Waals surface area contributed by atoms with Gasteiger partial charge in [0, 0.05) is 31.3 Å². The minimum absolute atomic E-state index is 0.0561. The van der Waals surface area contributed by atoms with Crippen molar-refractivity contribution in [2.45, 2.75) is 51.2 Å². The predicted octanol–water partition coefficient (Wildman–Crippen LogP) is 2.42. The average Bonchev–Trinajstić information content (AvgIpc) is 3.11. The Balaban J connectivity index is 1.44. The van der Waals surface area contributed by atoms with Crippen LogP contribution in [-0.2, 0) is 24.3 Å². The van der Waals surface area contributed by atoms with E-state index in [0.29, 0.717) is 24.9 Å². The van der Waals surface area contributed by atoms with Crippen LogP contribution in [0.1, 0.15) is 47.3 Å². The van der Waals surface area contributed by atoms with E-state index in [2.05, 4.69) is 10.4 Å². The fraction of sp³-hybridized carbons (Fsp3) is 0.450. The second-order valence-corrected chi connectivity index (χ2v) is 7.35. The molecule has 2 aliphatic heterocycles. The summed E-state index contributed by atoms with van der Waals surface area (Å²) in [6, 6.07) is 2.68. The molecule has 0 radical (unpaired) electrons. The Labute approximate surface area is 161 Å². The van der Waals surface area contributed by atoms with Crippen LogP contribution in [0.2, 0.25) is 0 Å². The predicted molar refractivity (Wildman–Crippen MR) is 97.4 cm³/mol. The number of rotatable bonds is 4. The maximum atomic E-state index is 13.9. The van der Waals surface area contributed by atoms with Crippen molar-refractivity contribution in [1.29, 1.82) is 0 Å². The van der Waals surface area contributed by atoms with Crippen molar-refractivity contribution in [3.8, 4) is 0 Å². The molecule has 2 amide bonds. The highest BCUT2D eigenvalue weighted by molar-refractivity contribution is 5.98. The van der Waals surface area contributed by atoms with Crippen molar-refractivity contribution < 1.29 is 18.4 Å². The normalized spacial score (nSPS) is 19.4. The first kappa shape index (κ1) is 18.6. The van der Waals surface area contributed by atoms with Gasteiger partial charge in [-0.05, 0) is 38.2 Å². The van der Waals surface area contributed by atoms with Gasteiger partial charge in [0.25, 0.3) is 5.91 Å². The first-order chi connectivity index (χ1) is 13.5. The third-order valence-electron chi connectivity index (χ3n) is 5.44. The summed E-state index contributed by atoms with van der Waals surface area (Å²) in [6.07, 6.45) is 5.67. The molecule has 2 aromatic rings. The Bertz CT molecular complexity index is 912. The summed E-state index contributed by atoms with van der Waals surface area (Å²) in [5.74, 6) is -1.87. The second kappa shape index (κ2) is 7.69. The van der Waals surface area contributed by atoms with E-state index in [1.165, 1.54) is 17.0 Å². The number of fused-ring (bicyclic) bond motifs is 1. The molecule has 4 rings (SSSR count). The molecule has 8 heteroatoms. The van der Waals surface area contributed by atoms with Crippen molar-refractivity contribution in [1.82, 2.24) is 20.0 Å². The molecule has 2 aliphatic rings. The smallest absolute Gasteiger partial charge is 0.255 e. The van der Waals surface area contributed by atoms with Crippen LogP contribution in [0.5, 0.6) is 0 Å². The number of aromatic nitrogens is 2. The molecule has 1 aromatic heterocycles. The Hall–Kier alpha value is -2.77. The van der Waals surface area contributed by atoms with Crippen LogP contribution in [0.3, 0.4) is 0 Å². The number of halogens is 2. The number of aryl methyl sites for hydroxylation is 1. The molecule has 1 aromatic carbocycles. The van der Waals surface area contributed by atoms with Gasteiger partial charge in [-0.1, -0.05) is 6.07 Å². The summed E-state index contributed by atoms with van der Waals surface area (Å²) < 4.78 is 28.9. The second-order valence-electron chi connectivity index (χ2n) is 7.35. The van der Waals surface area contributed by atoms with Crippen molar-refractivity contribution in [3.63, 3.8) is 0 Å². The molecule has 1 atom stereocenters. The first-order valence-corrected chi connectivity index (χ1v) is 9.61. The van der Waals surface area contributed by atoms with Gasteiger partial charge in [0.15, 0.2) is 0 Å². The average molecular weight is 388 g/mol. The lowest BCUT2D eigenvalue weighted by Crippen LogP contribution is -2.52. The Morgan fingerprint density at radius 3 is 2.89 bits per heavy atom. The highest BCUT2D eigenvalue weighted by Gasteiger charge is 2.31. The van der Waals surface area contributed by atoms with Crippen LogP contribution in [0.25, 0.3) is 0 Å². The molecule has 0 saturated carbocycles. The zero-order valence-electron chi connectivity index (χ0n) is 15.5. The summed E-state index contributed by atoms with van der Waals surface area (Å²) >= 11 is 0. The van der Waals surface area contributed by atoms with Crippen molar-refractivity contribution in [3.05, 3.63) is 52.9 Å². The molecule has 1 fully saturated rings. The Kier molecular flexibility index (Phi) is 5.11. The number of carbonyl (C=O) groups is 2. The summed E-state index contributed by atoms with van der Waals surface area (Å²) in [6.45, 7) is 1.34. The van der Waals surface area contributed by atoms with Gasteiger partial charge in [0.1, 0.15) is 17.7 Å². The molecule has 0 spiro atoms.